The highest BCUT2D eigenvalue weighted by Gasteiger charge is 2.20. The van der Waals surface area contributed by atoms with Crippen LogP contribution in [0.5, 0.6) is 0 Å². The molecule has 0 aromatic rings. The maximum absolute atomic E-state index is 5.22. The maximum atomic E-state index is 5.22. The van der Waals surface area contributed by atoms with Gasteiger partial charge in [0.05, 0.1) is 0 Å². The van der Waals surface area contributed by atoms with Crippen LogP contribution in [0.15, 0.2) is 0 Å². The van der Waals surface area contributed by atoms with E-state index in [9.17, 15) is 0 Å². The first kappa shape index (κ1) is 14.0. The molecule has 0 aliphatic heterocycles. The van der Waals surface area contributed by atoms with Gasteiger partial charge < -0.3 is 10.1 Å². The molecular formula is C14H29NO. The van der Waals surface area contributed by atoms with E-state index in [-0.39, 0.29) is 0 Å². The number of hydrogen-bond donors (Lipinski definition) is 1. The van der Waals surface area contributed by atoms with Crippen molar-refractivity contribution in [1.29, 1.82) is 0 Å². The van der Waals surface area contributed by atoms with Gasteiger partial charge >= 0.3 is 0 Å². The molecule has 16 heavy (non-hydrogen) atoms. The summed E-state index contributed by atoms with van der Waals surface area (Å²) in [5, 5.41) is 3.64. The molecule has 1 fully saturated rings. The Morgan fingerprint density at radius 2 is 2.00 bits per heavy atom. The molecule has 0 radical (unpaired) electrons. The molecule has 0 spiro atoms. The third-order valence-electron chi connectivity index (χ3n) is 3.72. The summed E-state index contributed by atoms with van der Waals surface area (Å²) in [5.41, 5.74) is 0. The Balaban J connectivity index is 2.27. The van der Waals surface area contributed by atoms with Gasteiger partial charge in [-0.25, -0.2) is 0 Å². The quantitative estimate of drug-likeness (QED) is 0.687. The number of methoxy groups -OCH3 is 1. The minimum atomic E-state index is 0.676. The number of rotatable bonds is 8. The van der Waals surface area contributed by atoms with E-state index in [0.717, 1.165) is 19.1 Å². The molecule has 2 nitrogen and oxygen atoms in total. The van der Waals surface area contributed by atoms with Gasteiger partial charge in [-0.2, -0.15) is 0 Å². The van der Waals surface area contributed by atoms with Crippen molar-refractivity contribution in [1.82, 2.24) is 5.32 Å². The van der Waals surface area contributed by atoms with Gasteiger partial charge in [-0.05, 0) is 31.2 Å². The van der Waals surface area contributed by atoms with Crippen LogP contribution in [-0.4, -0.2) is 26.3 Å². The molecule has 1 saturated carbocycles. The second kappa shape index (κ2) is 8.08. The molecule has 0 bridgehead atoms. The molecule has 0 heterocycles. The Kier molecular flexibility index (Phi) is 7.06. The Labute approximate surface area is 101 Å². The second-order valence-corrected chi connectivity index (χ2v) is 5.44. The van der Waals surface area contributed by atoms with E-state index in [2.05, 4.69) is 19.2 Å². The maximum Gasteiger partial charge on any atom is 0.0488 e. The van der Waals surface area contributed by atoms with Crippen molar-refractivity contribution < 1.29 is 4.74 Å². The zero-order valence-corrected chi connectivity index (χ0v) is 11.3. The van der Waals surface area contributed by atoms with E-state index < -0.39 is 0 Å². The Hall–Kier alpha value is -0.0800. The third kappa shape index (κ3) is 5.31. The fourth-order valence-electron chi connectivity index (χ4n) is 3.04. The number of hydrogen-bond acceptors (Lipinski definition) is 2. The second-order valence-electron chi connectivity index (χ2n) is 5.44. The Morgan fingerprint density at radius 3 is 2.56 bits per heavy atom. The summed E-state index contributed by atoms with van der Waals surface area (Å²) in [5.74, 6) is 1.66. The van der Waals surface area contributed by atoms with E-state index in [0.29, 0.717) is 12.0 Å². The van der Waals surface area contributed by atoms with Gasteiger partial charge in [-0.1, -0.05) is 39.5 Å². The minimum Gasteiger partial charge on any atom is -0.384 e. The molecule has 96 valence electrons. The summed E-state index contributed by atoms with van der Waals surface area (Å²) in [4.78, 5) is 0. The van der Waals surface area contributed by atoms with Crippen LogP contribution < -0.4 is 5.32 Å². The first-order valence-electron chi connectivity index (χ1n) is 6.98. The Bertz CT molecular complexity index is 166. The van der Waals surface area contributed by atoms with Crippen LogP contribution >= 0.6 is 0 Å². The average Bonchev–Trinajstić information content (AvgIpc) is 2.71. The van der Waals surface area contributed by atoms with Gasteiger partial charge in [0.1, 0.15) is 0 Å². The third-order valence-corrected chi connectivity index (χ3v) is 3.72. The van der Waals surface area contributed by atoms with Crippen molar-refractivity contribution in [2.75, 3.05) is 20.3 Å². The number of ether oxygens (including phenoxy) is 1. The highest BCUT2D eigenvalue weighted by molar-refractivity contribution is 4.77. The van der Waals surface area contributed by atoms with Gasteiger partial charge in [0.2, 0.25) is 0 Å². The van der Waals surface area contributed by atoms with Crippen molar-refractivity contribution in [2.24, 2.45) is 11.8 Å². The highest BCUT2D eigenvalue weighted by Crippen LogP contribution is 2.29. The monoisotopic (exact) mass is 227 g/mol. The van der Waals surface area contributed by atoms with Crippen LogP contribution in [0.2, 0.25) is 0 Å². The van der Waals surface area contributed by atoms with Crippen LogP contribution in [0.3, 0.4) is 0 Å². The first-order chi connectivity index (χ1) is 7.76. The molecular weight excluding hydrogens is 198 g/mol. The zero-order chi connectivity index (χ0) is 11.8. The SMILES string of the molecule is CCNC(CC(C)COC)CC1CCCC1. The van der Waals surface area contributed by atoms with Crippen molar-refractivity contribution in [3.05, 3.63) is 0 Å². The molecule has 0 amide bonds. The normalized spacial score (nSPS) is 21.2. The van der Waals surface area contributed by atoms with E-state index in [1.807, 2.05) is 0 Å². The average molecular weight is 227 g/mol. The smallest absolute Gasteiger partial charge is 0.0488 e. The van der Waals surface area contributed by atoms with Crippen molar-refractivity contribution in [2.45, 2.75) is 58.4 Å². The van der Waals surface area contributed by atoms with E-state index in [1.165, 1.54) is 38.5 Å². The summed E-state index contributed by atoms with van der Waals surface area (Å²) in [6, 6.07) is 0.707. The molecule has 0 aromatic heterocycles. The largest absolute Gasteiger partial charge is 0.384 e. The summed E-state index contributed by atoms with van der Waals surface area (Å²) in [7, 11) is 1.80. The lowest BCUT2D eigenvalue weighted by molar-refractivity contribution is 0.146. The van der Waals surface area contributed by atoms with E-state index in [1.54, 1.807) is 7.11 Å². The summed E-state index contributed by atoms with van der Waals surface area (Å²) in [6.45, 7) is 6.49. The molecule has 1 N–H and O–H groups in total. The van der Waals surface area contributed by atoms with Gasteiger partial charge in [-0.3, -0.25) is 0 Å². The first-order valence-corrected chi connectivity index (χ1v) is 6.98. The lowest BCUT2D eigenvalue weighted by Gasteiger charge is -2.24. The zero-order valence-electron chi connectivity index (χ0n) is 11.3. The molecule has 0 saturated heterocycles. The topological polar surface area (TPSA) is 21.3 Å². The fourth-order valence-corrected chi connectivity index (χ4v) is 3.04. The van der Waals surface area contributed by atoms with Crippen LogP contribution in [0.25, 0.3) is 0 Å². The minimum absolute atomic E-state index is 0.676. The van der Waals surface area contributed by atoms with E-state index >= 15 is 0 Å². The number of nitrogens with one attached hydrogen (secondary N) is 1. The molecule has 2 atom stereocenters. The van der Waals surface area contributed by atoms with Crippen LogP contribution in [0.1, 0.15) is 52.4 Å². The van der Waals surface area contributed by atoms with Crippen LogP contribution in [0, 0.1) is 11.8 Å². The lowest BCUT2D eigenvalue weighted by Crippen LogP contribution is -2.33. The Morgan fingerprint density at radius 1 is 1.31 bits per heavy atom. The highest BCUT2D eigenvalue weighted by atomic mass is 16.5. The van der Waals surface area contributed by atoms with Crippen molar-refractivity contribution in [3.8, 4) is 0 Å². The predicted octanol–water partition coefficient (Wildman–Crippen LogP) is 3.22. The standard InChI is InChI=1S/C14H29NO/c1-4-15-14(9-12(2)11-16-3)10-13-7-5-6-8-13/h12-15H,4-11H2,1-3H3. The van der Waals surface area contributed by atoms with Gasteiger partial charge in [0.15, 0.2) is 0 Å². The summed E-state index contributed by atoms with van der Waals surface area (Å²) >= 11 is 0. The molecule has 2 unspecified atom stereocenters. The van der Waals surface area contributed by atoms with Crippen molar-refractivity contribution >= 4 is 0 Å². The lowest BCUT2D eigenvalue weighted by atomic mass is 9.92. The summed E-state index contributed by atoms with van der Waals surface area (Å²) in [6.07, 6.45) is 8.47. The predicted molar refractivity (Wildman–Crippen MR) is 69.7 cm³/mol. The van der Waals surface area contributed by atoms with Crippen LogP contribution in [-0.2, 0) is 4.74 Å². The van der Waals surface area contributed by atoms with Gasteiger partial charge in [0.25, 0.3) is 0 Å². The molecule has 1 aliphatic carbocycles. The van der Waals surface area contributed by atoms with Gasteiger partial charge in [0, 0.05) is 19.8 Å². The summed E-state index contributed by atoms with van der Waals surface area (Å²) < 4.78 is 5.22. The van der Waals surface area contributed by atoms with E-state index in [4.69, 9.17) is 4.74 Å². The molecule has 1 rings (SSSR count). The molecule has 1 aliphatic rings. The van der Waals surface area contributed by atoms with Gasteiger partial charge in [-0.15, -0.1) is 0 Å². The van der Waals surface area contributed by atoms with Crippen LogP contribution in [0.4, 0.5) is 0 Å². The fraction of sp³-hybridized carbons (Fsp3) is 1.00. The van der Waals surface area contributed by atoms with Crippen molar-refractivity contribution in [3.63, 3.8) is 0 Å². The molecule has 0 aromatic carbocycles. The molecule has 2 heteroatoms.